The van der Waals surface area contributed by atoms with Gasteiger partial charge in [-0.1, -0.05) is 31.9 Å². The van der Waals surface area contributed by atoms with Gasteiger partial charge in [-0.15, -0.1) is 0 Å². The highest BCUT2D eigenvalue weighted by molar-refractivity contribution is 7.91. The number of carbonyl (C=O) groups is 1. The Morgan fingerprint density at radius 2 is 1.91 bits per heavy atom. The molecule has 1 saturated carbocycles. The number of nitrogens with one attached hydrogen (secondary N) is 2. The zero-order valence-electron chi connectivity index (χ0n) is 13.1. The molecule has 1 aliphatic rings. The first-order chi connectivity index (χ1) is 10.5. The zero-order chi connectivity index (χ0) is 16.2. The summed E-state index contributed by atoms with van der Waals surface area (Å²) in [5, 5.41) is 6.02. The number of amides is 1. The van der Waals surface area contributed by atoms with Crippen LogP contribution in [0.3, 0.4) is 0 Å². The van der Waals surface area contributed by atoms with Crippen molar-refractivity contribution in [2.45, 2.75) is 43.5 Å². The maximum atomic E-state index is 12.2. The molecule has 2 atom stereocenters. The first-order valence-electron chi connectivity index (χ1n) is 7.79. The van der Waals surface area contributed by atoms with Crippen molar-refractivity contribution in [2.75, 3.05) is 18.1 Å². The fourth-order valence-electron chi connectivity index (χ4n) is 3.02. The van der Waals surface area contributed by atoms with E-state index in [2.05, 4.69) is 10.6 Å². The predicted octanol–water partition coefficient (Wildman–Crippen LogP) is 2.20. The lowest BCUT2D eigenvalue weighted by Crippen LogP contribution is -2.42. The Kier molecular flexibility index (Phi) is 5.45. The molecule has 0 heterocycles. The second-order valence-electron chi connectivity index (χ2n) is 5.66. The molecule has 1 amide bonds. The van der Waals surface area contributed by atoms with Gasteiger partial charge in [0.1, 0.15) is 0 Å². The Bertz CT molecular complexity index is 628. The molecule has 0 saturated heterocycles. The topological polar surface area (TPSA) is 75.3 Å². The van der Waals surface area contributed by atoms with Crippen molar-refractivity contribution in [2.24, 2.45) is 5.92 Å². The number of anilines is 1. The number of carbonyl (C=O) groups excluding carboxylic acids is 1. The lowest BCUT2D eigenvalue weighted by atomic mass is 9.83. The molecule has 2 rings (SSSR count). The van der Waals surface area contributed by atoms with Crippen LogP contribution in [0.2, 0.25) is 0 Å². The van der Waals surface area contributed by atoms with E-state index >= 15 is 0 Å². The maximum absolute atomic E-state index is 12.2. The molecule has 5 nitrogen and oxygen atoms in total. The Morgan fingerprint density at radius 1 is 1.23 bits per heavy atom. The van der Waals surface area contributed by atoms with Gasteiger partial charge < -0.3 is 10.6 Å². The summed E-state index contributed by atoms with van der Waals surface area (Å²) in [4.78, 5) is 12.4. The highest BCUT2D eigenvalue weighted by Gasteiger charge is 2.31. The molecule has 2 N–H and O–H groups in total. The van der Waals surface area contributed by atoms with Crippen LogP contribution in [0.25, 0.3) is 0 Å². The monoisotopic (exact) mass is 324 g/mol. The van der Waals surface area contributed by atoms with E-state index in [9.17, 15) is 13.2 Å². The Morgan fingerprint density at radius 3 is 2.59 bits per heavy atom. The van der Waals surface area contributed by atoms with Crippen LogP contribution in [0.5, 0.6) is 0 Å². The van der Waals surface area contributed by atoms with Crippen LogP contribution in [-0.2, 0) is 14.6 Å². The summed E-state index contributed by atoms with van der Waals surface area (Å²) in [6, 6.07) is 6.91. The summed E-state index contributed by atoms with van der Waals surface area (Å²) in [6.45, 7) is 1.64. The van der Waals surface area contributed by atoms with Gasteiger partial charge in [0.2, 0.25) is 5.91 Å². The first-order valence-corrected chi connectivity index (χ1v) is 9.44. The van der Waals surface area contributed by atoms with Gasteiger partial charge in [-0.25, -0.2) is 8.42 Å². The molecule has 1 aromatic rings. The number of hydrogen-bond donors (Lipinski definition) is 2. The van der Waals surface area contributed by atoms with E-state index in [0.717, 1.165) is 25.7 Å². The van der Waals surface area contributed by atoms with Gasteiger partial charge in [0, 0.05) is 13.1 Å². The molecular formula is C16H24N2O3S. The molecule has 0 radical (unpaired) electrons. The average molecular weight is 324 g/mol. The summed E-state index contributed by atoms with van der Waals surface area (Å²) in [6.07, 6.45) is 3.79. The maximum Gasteiger partial charge on any atom is 0.224 e. The molecule has 1 aromatic carbocycles. The molecule has 22 heavy (non-hydrogen) atoms. The van der Waals surface area contributed by atoms with E-state index < -0.39 is 9.84 Å². The molecule has 1 aliphatic carbocycles. The lowest BCUT2D eigenvalue weighted by molar-refractivity contribution is -0.125. The van der Waals surface area contributed by atoms with E-state index in [1.807, 2.05) is 6.07 Å². The van der Waals surface area contributed by atoms with E-state index in [1.54, 1.807) is 32.2 Å². The minimum absolute atomic E-state index is 0.0213. The predicted molar refractivity (Wildman–Crippen MR) is 87.6 cm³/mol. The van der Waals surface area contributed by atoms with E-state index in [4.69, 9.17) is 0 Å². The van der Waals surface area contributed by atoms with Gasteiger partial charge in [-0.3, -0.25) is 4.79 Å². The van der Waals surface area contributed by atoms with Crippen molar-refractivity contribution in [3.05, 3.63) is 24.3 Å². The van der Waals surface area contributed by atoms with Crippen molar-refractivity contribution >= 4 is 21.4 Å². The molecule has 0 bridgehead atoms. The number of rotatable bonds is 5. The number of sulfone groups is 1. The van der Waals surface area contributed by atoms with Crippen LogP contribution in [0.15, 0.2) is 29.2 Å². The van der Waals surface area contributed by atoms with Crippen molar-refractivity contribution in [1.82, 2.24) is 5.32 Å². The van der Waals surface area contributed by atoms with Gasteiger partial charge in [-0.05, 0) is 25.0 Å². The van der Waals surface area contributed by atoms with Crippen LogP contribution in [-0.4, -0.2) is 33.2 Å². The van der Waals surface area contributed by atoms with Crippen LogP contribution in [0.1, 0.15) is 32.6 Å². The smallest absolute Gasteiger partial charge is 0.224 e. The van der Waals surface area contributed by atoms with Gasteiger partial charge in [0.25, 0.3) is 0 Å². The first kappa shape index (κ1) is 16.8. The minimum atomic E-state index is -3.29. The van der Waals surface area contributed by atoms with Gasteiger partial charge in [0.05, 0.1) is 22.3 Å². The molecule has 0 spiro atoms. The molecule has 0 aromatic heterocycles. The minimum Gasteiger partial charge on any atom is -0.380 e. The third kappa shape index (κ3) is 3.61. The molecule has 122 valence electrons. The molecule has 1 fully saturated rings. The number of hydrogen-bond acceptors (Lipinski definition) is 4. The quantitative estimate of drug-likeness (QED) is 0.870. The third-order valence-electron chi connectivity index (χ3n) is 4.29. The average Bonchev–Trinajstić information content (AvgIpc) is 2.55. The molecule has 0 aliphatic heterocycles. The SMILES string of the molecule is CCS(=O)(=O)c1ccccc1N[C@@H]1CCCC[C@@H]1C(=O)NC. The Labute approximate surface area is 132 Å². The van der Waals surface area contributed by atoms with Crippen molar-refractivity contribution in [1.29, 1.82) is 0 Å². The highest BCUT2D eigenvalue weighted by Crippen LogP contribution is 2.30. The van der Waals surface area contributed by atoms with Crippen LogP contribution < -0.4 is 10.6 Å². The van der Waals surface area contributed by atoms with Crippen molar-refractivity contribution in [3.63, 3.8) is 0 Å². The van der Waals surface area contributed by atoms with Crippen LogP contribution in [0.4, 0.5) is 5.69 Å². The fourth-order valence-corrected chi connectivity index (χ4v) is 4.07. The second kappa shape index (κ2) is 7.13. The van der Waals surface area contributed by atoms with E-state index in [1.165, 1.54) is 0 Å². The Hall–Kier alpha value is -1.56. The van der Waals surface area contributed by atoms with E-state index in [0.29, 0.717) is 10.6 Å². The van der Waals surface area contributed by atoms with Gasteiger partial charge >= 0.3 is 0 Å². The largest absolute Gasteiger partial charge is 0.380 e. The van der Waals surface area contributed by atoms with Gasteiger partial charge in [0.15, 0.2) is 9.84 Å². The normalized spacial score (nSPS) is 22.1. The molecule has 6 heteroatoms. The van der Waals surface area contributed by atoms with Crippen LogP contribution in [0, 0.1) is 5.92 Å². The summed E-state index contributed by atoms with van der Waals surface area (Å²) in [7, 11) is -1.64. The standard InChI is InChI=1S/C16H24N2O3S/c1-3-22(20,21)15-11-7-6-10-14(15)18-13-9-5-4-8-12(13)16(19)17-2/h6-7,10-13,18H,3-5,8-9H2,1-2H3,(H,17,19)/t12-,13+/m0/s1. The van der Waals surface area contributed by atoms with Crippen molar-refractivity contribution < 1.29 is 13.2 Å². The summed E-state index contributed by atoms with van der Waals surface area (Å²) < 4.78 is 24.4. The van der Waals surface area contributed by atoms with Crippen molar-refractivity contribution in [3.8, 4) is 0 Å². The summed E-state index contributed by atoms with van der Waals surface area (Å²) >= 11 is 0. The fraction of sp³-hybridized carbons (Fsp3) is 0.562. The second-order valence-corrected chi connectivity index (χ2v) is 7.90. The number of para-hydroxylation sites is 1. The number of benzene rings is 1. The summed E-state index contributed by atoms with van der Waals surface area (Å²) in [5.74, 6) is -0.0286. The third-order valence-corrected chi connectivity index (χ3v) is 6.08. The molecule has 0 unspecified atom stereocenters. The zero-order valence-corrected chi connectivity index (χ0v) is 13.9. The highest BCUT2D eigenvalue weighted by atomic mass is 32.2. The lowest BCUT2D eigenvalue weighted by Gasteiger charge is -2.32. The van der Waals surface area contributed by atoms with Crippen LogP contribution >= 0.6 is 0 Å². The summed E-state index contributed by atoms with van der Waals surface area (Å²) in [5.41, 5.74) is 0.602. The van der Waals surface area contributed by atoms with E-state index in [-0.39, 0.29) is 23.6 Å². The molecular weight excluding hydrogens is 300 g/mol. The van der Waals surface area contributed by atoms with Gasteiger partial charge in [-0.2, -0.15) is 0 Å². The Balaban J connectivity index is 2.28.